The van der Waals surface area contributed by atoms with Crippen LogP contribution < -0.4 is 5.32 Å². The Labute approximate surface area is 124 Å². The highest BCUT2D eigenvalue weighted by molar-refractivity contribution is 5.32. The van der Waals surface area contributed by atoms with E-state index in [0.29, 0.717) is 30.8 Å². The van der Waals surface area contributed by atoms with E-state index in [0.717, 1.165) is 0 Å². The molecule has 0 aliphatic carbocycles. The summed E-state index contributed by atoms with van der Waals surface area (Å²) in [6.07, 6.45) is -4.16. The number of benzene rings is 1. The number of hydrogen-bond donors (Lipinski definition) is 1. The van der Waals surface area contributed by atoms with Crippen LogP contribution in [-0.4, -0.2) is 16.3 Å². The van der Waals surface area contributed by atoms with Crippen LogP contribution in [0.5, 0.6) is 0 Å². The molecule has 0 radical (unpaired) electrons. The minimum Gasteiger partial charge on any atom is -0.311 e. The van der Waals surface area contributed by atoms with Crippen LogP contribution >= 0.6 is 0 Å². The molecule has 0 spiro atoms. The maximum atomic E-state index is 13.2. The molecular weight excluding hydrogens is 298 g/mol. The van der Waals surface area contributed by atoms with Crippen molar-refractivity contribution in [3.05, 3.63) is 52.6 Å². The molecule has 1 aromatic carbocycles. The zero-order valence-electron chi connectivity index (χ0n) is 11.9. The van der Waals surface area contributed by atoms with E-state index in [9.17, 15) is 17.6 Å². The Bertz CT molecular complexity index is 673. The highest BCUT2D eigenvalue weighted by Crippen LogP contribution is 2.35. The van der Waals surface area contributed by atoms with Gasteiger partial charge in [0.15, 0.2) is 5.69 Å². The molecule has 1 aliphatic heterocycles. The first-order chi connectivity index (χ1) is 10.4. The van der Waals surface area contributed by atoms with E-state index in [4.69, 9.17) is 0 Å². The summed E-state index contributed by atoms with van der Waals surface area (Å²) in [5.74, 6) is -0.379. The maximum Gasteiger partial charge on any atom is 0.435 e. The molecule has 1 unspecified atom stereocenters. The second-order valence-corrected chi connectivity index (χ2v) is 5.37. The van der Waals surface area contributed by atoms with Crippen molar-refractivity contribution in [1.29, 1.82) is 0 Å². The Hall–Kier alpha value is -1.89. The van der Waals surface area contributed by atoms with Gasteiger partial charge in [0, 0.05) is 12.1 Å². The van der Waals surface area contributed by atoms with Crippen LogP contribution in [0, 0.1) is 5.82 Å². The maximum absolute atomic E-state index is 13.2. The Kier molecular flexibility index (Phi) is 3.68. The lowest BCUT2D eigenvalue weighted by molar-refractivity contribution is -0.142. The zero-order valence-corrected chi connectivity index (χ0v) is 11.9. The molecule has 118 valence electrons. The van der Waals surface area contributed by atoms with E-state index in [1.54, 1.807) is 19.1 Å². The third kappa shape index (κ3) is 2.61. The van der Waals surface area contributed by atoms with Crippen molar-refractivity contribution in [2.45, 2.75) is 32.1 Å². The number of hydrogen-bond acceptors (Lipinski definition) is 2. The van der Waals surface area contributed by atoms with Crippen molar-refractivity contribution in [3.8, 4) is 0 Å². The first kappa shape index (κ1) is 15.0. The summed E-state index contributed by atoms with van der Waals surface area (Å²) in [5, 5.41) is 6.89. The second kappa shape index (κ2) is 5.39. The summed E-state index contributed by atoms with van der Waals surface area (Å²) in [4.78, 5) is 0. The van der Waals surface area contributed by atoms with Crippen molar-refractivity contribution in [2.75, 3.05) is 6.54 Å². The molecule has 0 saturated heterocycles. The van der Waals surface area contributed by atoms with Crippen LogP contribution in [0.15, 0.2) is 24.3 Å². The number of alkyl halides is 3. The van der Waals surface area contributed by atoms with Crippen LogP contribution in [-0.2, 0) is 19.1 Å². The molecule has 1 aromatic heterocycles. The number of aromatic nitrogens is 2. The Morgan fingerprint density at radius 1 is 1.23 bits per heavy atom. The predicted octanol–water partition coefficient (Wildman–Crippen LogP) is 3.30. The van der Waals surface area contributed by atoms with Gasteiger partial charge in [-0.3, -0.25) is 4.68 Å². The fourth-order valence-corrected chi connectivity index (χ4v) is 2.80. The summed E-state index contributed by atoms with van der Waals surface area (Å²) in [5.41, 5.74) is 0.722. The van der Waals surface area contributed by atoms with E-state index in [1.807, 2.05) is 0 Å². The molecular formula is C15H15F4N3. The van der Waals surface area contributed by atoms with Gasteiger partial charge in [0.1, 0.15) is 5.82 Å². The van der Waals surface area contributed by atoms with E-state index in [1.165, 1.54) is 16.8 Å². The fourth-order valence-electron chi connectivity index (χ4n) is 2.80. The van der Waals surface area contributed by atoms with Crippen LogP contribution in [0.4, 0.5) is 17.6 Å². The largest absolute Gasteiger partial charge is 0.435 e. The number of rotatable bonds is 2. The normalized spacial score (nSPS) is 16.4. The van der Waals surface area contributed by atoms with Gasteiger partial charge in [-0.15, -0.1) is 0 Å². The van der Waals surface area contributed by atoms with Gasteiger partial charge in [-0.05, 0) is 37.6 Å². The smallest absolute Gasteiger partial charge is 0.311 e. The second-order valence-electron chi connectivity index (χ2n) is 5.37. The molecule has 2 aromatic rings. The summed E-state index contributed by atoms with van der Waals surface area (Å²) in [6, 6.07) is 5.33. The lowest BCUT2D eigenvalue weighted by atomic mass is 10.0. The van der Waals surface area contributed by atoms with Gasteiger partial charge in [-0.1, -0.05) is 12.1 Å². The highest BCUT2D eigenvalue weighted by Gasteiger charge is 2.40. The van der Waals surface area contributed by atoms with Gasteiger partial charge < -0.3 is 5.32 Å². The van der Waals surface area contributed by atoms with E-state index < -0.39 is 17.9 Å². The average Bonchev–Trinajstić information content (AvgIpc) is 2.87. The number of nitrogens with one attached hydrogen (secondary N) is 1. The molecule has 1 N–H and O–H groups in total. The lowest BCUT2D eigenvalue weighted by Crippen LogP contribution is -2.27. The monoisotopic (exact) mass is 313 g/mol. The van der Waals surface area contributed by atoms with Gasteiger partial charge >= 0.3 is 6.18 Å². The molecule has 22 heavy (non-hydrogen) atoms. The topological polar surface area (TPSA) is 29.9 Å². The van der Waals surface area contributed by atoms with Crippen LogP contribution in [0.2, 0.25) is 0 Å². The first-order valence-corrected chi connectivity index (χ1v) is 7.01. The molecule has 3 nitrogen and oxygen atoms in total. The van der Waals surface area contributed by atoms with Gasteiger partial charge in [-0.25, -0.2) is 4.39 Å². The summed E-state index contributed by atoms with van der Waals surface area (Å²) in [7, 11) is 0. The van der Waals surface area contributed by atoms with Crippen molar-refractivity contribution < 1.29 is 17.6 Å². The fraction of sp³-hybridized carbons (Fsp3) is 0.400. The molecule has 2 heterocycles. The van der Waals surface area contributed by atoms with Gasteiger partial charge in [-0.2, -0.15) is 18.3 Å². The van der Waals surface area contributed by atoms with E-state index in [2.05, 4.69) is 10.4 Å². The Morgan fingerprint density at radius 3 is 2.55 bits per heavy atom. The molecule has 0 amide bonds. The Balaban J connectivity index is 2.07. The number of halogens is 4. The van der Waals surface area contributed by atoms with Crippen molar-refractivity contribution in [2.24, 2.45) is 0 Å². The molecule has 0 fully saturated rings. The molecule has 3 rings (SSSR count). The van der Waals surface area contributed by atoms with Gasteiger partial charge in [0.2, 0.25) is 0 Å². The van der Waals surface area contributed by atoms with Crippen molar-refractivity contribution in [3.63, 3.8) is 0 Å². The van der Waals surface area contributed by atoms with E-state index >= 15 is 0 Å². The third-order valence-electron chi connectivity index (χ3n) is 3.95. The number of fused-ring (bicyclic) bond motifs is 1. The molecule has 1 atom stereocenters. The standard InChI is InChI=1S/C15H15F4N3/c1-9(10-2-4-11(16)5-3-10)22-13-8-20-7-6-12(13)14(21-22)15(17,18)19/h2-5,9,20H,6-8H2,1H3. The van der Waals surface area contributed by atoms with Crippen LogP contribution in [0.25, 0.3) is 0 Å². The Morgan fingerprint density at radius 2 is 1.91 bits per heavy atom. The highest BCUT2D eigenvalue weighted by atomic mass is 19.4. The molecule has 7 heteroatoms. The predicted molar refractivity (Wildman–Crippen MR) is 72.9 cm³/mol. The minimum absolute atomic E-state index is 0.264. The van der Waals surface area contributed by atoms with Crippen molar-refractivity contribution >= 4 is 0 Å². The van der Waals surface area contributed by atoms with Crippen molar-refractivity contribution in [1.82, 2.24) is 15.1 Å². The zero-order chi connectivity index (χ0) is 15.9. The summed E-state index contributed by atoms with van der Waals surface area (Å²) < 4.78 is 53.9. The molecule has 0 bridgehead atoms. The lowest BCUT2D eigenvalue weighted by Gasteiger charge is -2.20. The summed E-state index contributed by atoms with van der Waals surface area (Å²) >= 11 is 0. The molecule has 0 saturated carbocycles. The van der Waals surface area contributed by atoms with E-state index in [-0.39, 0.29) is 11.4 Å². The van der Waals surface area contributed by atoms with Crippen LogP contribution in [0.3, 0.4) is 0 Å². The third-order valence-corrected chi connectivity index (χ3v) is 3.95. The SMILES string of the molecule is CC(c1ccc(F)cc1)n1nc(C(F)(F)F)c2c1CNCC2. The first-order valence-electron chi connectivity index (χ1n) is 7.01. The minimum atomic E-state index is -4.46. The summed E-state index contributed by atoms with van der Waals surface area (Å²) in [6.45, 7) is 2.62. The average molecular weight is 313 g/mol. The van der Waals surface area contributed by atoms with Crippen LogP contribution in [0.1, 0.15) is 35.5 Å². The van der Waals surface area contributed by atoms with Gasteiger partial charge in [0.25, 0.3) is 0 Å². The quantitative estimate of drug-likeness (QED) is 0.862. The van der Waals surface area contributed by atoms with Gasteiger partial charge in [0.05, 0.1) is 11.7 Å². The molecule has 1 aliphatic rings. The number of nitrogens with zero attached hydrogens (tertiary/aromatic N) is 2.